The predicted molar refractivity (Wildman–Crippen MR) is 56.5 cm³/mol. The zero-order chi connectivity index (χ0) is 9.45. The van der Waals surface area contributed by atoms with E-state index in [9.17, 15) is 0 Å². The molecule has 0 aliphatic rings. The lowest BCUT2D eigenvalue weighted by atomic mass is 9.87. The van der Waals surface area contributed by atoms with Gasteiger partial charge in [0.25, 0.3) is 0 Å². The summed E-state index contributed by atoms with van der Waals surface area (Å²) in [5, 5.41) is 3.47. The smallest absolute Gasteiger partial charge is 0.0173 e. The van der Waals surface area contributed by atoms with Crippen LogP contribution in [0.1, 0.15) is 59.3 Å². The lowest BCUT2D eigenvalue weighted by molar-refractivity contribution is 0.291. The Morgan fingerprint density at radius 1 is 1.00 bits per heavy atom. The lowest BCUT2D eigenvalue weighted by Gasteiger charge is -2.31. The highest BCUT2D eigenvalue weighted by Gasteiger charge is 2.22. The zero-order valence-corrected chi connectivity index (χ0v) is 9.24. The summed E-state index contributed by atoms with van der Waals surface area (Å²) >= 11 is 0. The molecule has 0 bridgehead atoms. The average Bonchev–Trinajstić information content (AvgIpc) is 2.14. The Hall–Kier alpha value is -0.0400. The second kappa shape index (κ2) is 6.47. The van der Waals surface area contributed by atoms with Gasteiger partial charge in [-0.25, -0.2) is 0 Å². The number of nitrogens with one attached hydrogen (secondary N) is 1. The highest BCUT2D eigenvalue weighted by Crippen LogP contribution is 2.22. The fourth-order valence-corrected chi connectivity index (χ4v) is 1.80. The molecule has 12 heavy (non-hydrogen) atoms. The van der Waals surface area contributed by atoms with Crippen molar-refractivity contribution in [1.29, 1.82) is 0 Å². The van der Waals surface area contributed by atoms with E-state index in [2.05, 4.69) is 33.1 Å². The molecule has 0 heterocycles. The molecule has 1 nitrogen and oxygen atoms in total. The van der Waals surface area contributed by atoms with Crippen molar-refractivity contribution < 1.29 is 0 Å². The third kappa shape index (κ3) is 3.57. The average molecular weight is 171 g/mol. The molecule has 0 spiro atoms. The van der Waals surface area contributed by atoms with Crippen LogP contribution < -0.4 is 5.32 Å². The lowest BCUT2D eigenvalue weighted by Crippen LogP contribution is -2.41. The minimum absolute atomic E-state index is 0.426. The summed E-state index contributed by atoms with van der Waals surface area (Å²) < 4.78 is 0. The Balaban J connectivity index is 3.76. The molecule has 0 saturated carbocycles. The Labute approximate surface area is 77.9 Å². The number of hydrogen-bond acceptors (Lipinski definition) is 1. The van der Waals surface area contributed by atoms with E-state index < -0.39 is 0 Å². The van der Waals surface area contributed by atoms with E-state index in [0.29, 0.717) is 5.54 Å². The first kappa shape index (κ1) is 12.0. The highest BCUT2D eigenvalue weighted by atomic mass is 14.9. The highest BCUT2D eigenvalue weighted by molar-refractivity contribution is 4.83. The molecule has 0 aromatic rings. The summed E-state index contributed by atoms with van der Waals surface area (Å²) in [6, 6.07) is 0. The van der Waals surface area contributed by atoms with E-state index in [1.54, 1.807) is 0 Å². The van der Waals surface area contributed by atoms with Crippen molar-refractivity contribution in [1.82, 2.24) is 5.32 Å². The van der Waals surface area contributed by atoms with Crippen LogP contribution in [0, 0.1) is 0 Å². The van der Waals surface area contributed by atoms with Crippen LogP contribution in [-0.2, 0) is 0 Å². The van der Waals surface area contributed by atoms with Crippen molar-refractivity contribution in [3.63, 3.8) is 0 Å². The standard InChI is InChI=1S/C11H25N/c1-5-8-9-10-11(6-2,7-3)12-4/h12H,5-10H2,1-4H3. The topological polar surface area (TPSA) is 12.0 Å². The summed E-state index contributed by atoms with van der Waals surface area (Å²) in [5.74, 6) is 0. The van der Waals surface area contributed by atoms with E-state index in [-0.39, 0.29) is 0 Å². The van der Waals surface area contributed by atoms with Gasteiger partial charge in [0.1, 0.15) is 0 Å². The van der Waals surface area contributed by atoms with Gasteiger partial charge in [0, 0.05) is 5.54 Å². The molecular weight excluding hydrogens is 146 g/mol. The monoisotopic (exact) mass is 171 g/mol. The molecule has 0 atom stereocenters. The molecular formula is C11H25N. The summed E-state index contributed by atoms with van der Waals surface area (Å²) in [6.45, 7) is 6.83. The second-order valence-electron chi connectivity index (χ2n) is 3.69. The van der Waals surface area contributed by atoms with Gasteiger partial charge in [0.2, 0.25) is 0 Å². The third-order valence-electron chi connectivity index (χ3n) is 3.14. The molecule has 1 heteroatoms. The first-order valence-corrected chi connectivity index (χ1v) is 5.43. The van der Waals surface area contributed by atoms with Crippen molar-refractivity contribution >= 4 is 0 Å². The predicted octanol–water partition coefficient (Wildman–Crippen LogP) is 3.34. The molecule has 0 fully saturated rings. The van der Waals surface area contributed by atoms with Crippen LogP contribution in [0.15, 0.2) is 0 Å². The number of rotatable bonds is 7. The van der Waals surface area contributed by atoms with E-state index in [1.807, 2.05) is 0 Å². The van der Waals surface area contributed by atoms with E-state index >= 15 is 0 Å². The molecule has 0 rings (SSSR count). The van der Waals surface area contributed by atoms with Gasteiger partial charge in [-0.3, -0.25) is 0 Å². The third-order valence-corrected chi connectivity index (χ3v) is 3.14. The van der Waals surface area contributed by atoms with Gasteiger partial charge in [0.15, 0.2) is 0 Å². The van der Waals surface area contributed by atoms with Crippen LogP contribution in [0.5, 0.6) is 0 Å². The normalized spacial score (nSPS) is 12.0. The van der Waals surface area contributed by atoms with Gasteiger partial charge < -0.3 is 5.32 Å². The summed E-state index contributed by atoms with van der Waals surface area (Å²) in [4.78, 5) is 0. The number of unbranched alkanes of at least 4 members (excludes halogenated alkanes) is 2. The SMILES string of the molecule is CCCCCC(CC)(CC)NC. The van der Waals surface area contributed by atoms with E-state index in [4.69, 9.17) is 0 Å². The summed E-state index contributed by atoms with van der Waals surface area (Å²) in [6.07, 6.45) is 7.92. The van der Waals surface area contributed by atoms with Crippen LogP contribution in [0.25, 0.3) is 0 Å². The molecule has 74 valence electrons. The molecule has 0 amide bonds. The van der Waals surface area contributed by atoms with Gasteiger partial charge in [-0.15, -0.1) is 0 Å². The van der Waals surface area contributed by atoms with E-state index in [1.165, 1.54) is 38.5 Å². The van der Waals surface area contributed by atoms with E-state index in [0.717, 1.165) is 0 Å². The maximum atomic E-state index is 3.47. The molecule has 0 unspecified atom stereocenters. The Morgan fingerprint density at radius 3 is 1.92 bits per heavy atom. The van der Waals surface area contributed by atoms with Gasteiger partial charge in [-0.05, 0) is 26.3 Å². The quantitative estimate of drug-likeness (QED) is 0.579. The first-order valence-electron chi connectivity index (χ1n) is 5.43. The Kier molecular flexibility index (Phi) is 6.45. The molecule has 0 aliphatic carbocycles. The zero-order valence-electron chi connectivity index (χ0n) is 9.24. The Bertz CT molecular complexity index is 86.9. The van der Waals surface area contributed by atoms with Crippen molar-refractivity contribution in [2.24, 2.45) is 0 Å². The van der Waals surface area contributed by atoms with Gasteiger partial charge >= 0.3 is 0 Å². The van der Waals surface area contributed by atoms with Crippen LogP contribution in [0.3, 0.4) is 0 Å². The van der Waals surface area contributed by atoms with Gasteiger partial charge in [-0.1, -0.05) is 40.0 Å². The minimum Gasteiger partial charge on any atom is -0.314 e. The molecule has 0 aromatic heterocycles. The summed E-state index contributed by atoms with van der Waals surface area (Å²) in [5.41, 5.74) is 0.426. The maximum absolute atomic E-state index is 3.47. The van der Waals surface area contributed by atoms with Crippen LogP contribution >= 0.6 is 0 Å². The van der Waals surface area contributed by atoms with Crippen LogP contribution in [0.2, 0.25) is 0 Å². The first-order chi connectivity index (χ1) is 5.74. The molecule has 1 N–H and O–H groups in total. The summed E-state index contributed by atoms with van der Waals surface area (Å²) in [7, 11) is 2.10. The van der Waals surface area contributed by atoms with Crippen molar-refractivity contribution in [2.75, 3.05) is 7.05 Å². The van der Waals surface area contributed by atoms with Crippen LogP contribution in [-0.4, -0.2) is 12.6 Å². The maximum Gasteiger partial charge on any atom is 0.0173 e. The van der Waals surface area contributed by atoms with Crippen molar-refractivity contribution in [2.45, 2.75) is 64.8 Å². The fourth-order valence-electron chi connectivity index (χ4n) is 1.80. The Morgan fingerprint density at radius 2 is 1.58 bits per heavy atom. The van der Waals surface area contributed by atoms with Crippen LogP contribution in [0.4, 0.5) is 0 Å². The largest absolute Gasteiger partial charge is 0.314 e. The molecule has 0 aromatic carbocycles. The molecule has 0 saturated heterocycles. The fraction of sp³-hybridized carbons (Fsp3) is 1.00. The van der Waals surface area contributed by atoms with Crippen molar-refractivity contribution in [3.05, 3.63) is 0 Å². The van der Waals surface area contributed by atoms with Crippen molar-refractivity contribution in [3.8, 4) is 0 Å². The number of hydrogen-bond donors (Lipinski definition) is 1. The van der Waals surface area contributed by atoms with Gasteiger partial charge in [-0.2, -0.15) is 0 Å². The van der Waals surface area contributed by atoms with Gasteiger partial charge in [0.05, 0.1) is 0 Å². The minimum atomic E-state index is 0.426. The molecule has 0 radical (unpaired) electrons. The second-order valence-corrected chi connectivity index (χ2v) is 3.69. The molecule has 0 aliphatic heterocycles.